The van der Waals surface area contributed by atoms with Crippen LogP contribution in [0.2, 0.25) is 0 Å². The van der Waals surface area contributed by atoms with E-state index in [2.05, 4.69) is 4.90 Å². The van der Waals surface area contributed by atoms with Gasteiger partial charge in [0.2, 0.25) is 0 Å². The van der Waals surface area contributed by atoms with Gasteiger partial charge in [0.15, 0.2) is 11.5 Å². The molecular weight excluding hydrogens is 386 g/mol. The number of likely N-dealkylation sites (tertiary alicyclic amines) is 1. The van der Waals surface area contributed by atoms with Crippen molar-refractivity contribution in [3.05, 3.63) is 34.6 Å². The summed E-state index contributed by atoms with van der Waals surface area (Å²) in [5.74, 6) is 0.664. The van der Waals surface area contributed by atoms with E-state index in [9.17, 15) is 20.4 Å². The number of aliphatic hydroxyl groups is 3. The average molecular weight is 418 g/mol. The van der Waals surface area contributed by atoms with Crippen LogP contribution in [0.4, 0.5) is 0 Å². The summed E-state index contributed by atoms with van der Waals surface area (Å²) in [7, 11) is 3.00. The number of nitrogens with zero attached hydrogens (tertiary/aromatic N) is 1. The lowest BCUT2D eigenvalue weighted by atomic mass is 9.54. The highest BCUT2D eigenvalue weighted by Crippen LogP contribution is 2.61. The van der Waals surface area contributed by atoms with E-state index < -0.39 is 23.7 Å². The molecule has 7 heteroatoms. The zero-order valence-electron chi connectivity index (χ0n) is 17.5. The molecule has 1 aliphatic heterocycles. The molecule has 0 radical (unpaired) electrons. The molecular formula is C23H31NO6. The molecule has 1 aromatic carbocycles. The summed E-state index contributed by atoms with van der Waals surface area (Å²) in [6.07, 6.45) is 2.46. The number of aromatic hydroxyl groups is 1. The molecule has 4 N–H and O–H groups in total. The van der Waals surface area contributed by atoms with Crippen LogP contribution in [0.25, 0.3) is 0 Å². The molecule has 4 aliphatic rings. The summed E-state index contributed by atoms with van der Waals surface area (Å²) in [6, 6.07) is 3.54. The van der Waals surface area contributed by atoms with Crippen LogP contribution in [0.1, 0.15) is 55.8 Å². The maximum absolute atomic E-state index is 11.6. The van der Waals surface area contributed by atoms with E-state index in [0.717, 1.165) is 25.0 Å². The van der Waals surface area contributed by atoms with Crippen LogP contribution < -0.4 is 4.74 Å². The van der Waals surface area contributed by atoms with Crippen LogP contribution in [0, 0.1) is 0 Å². The summed E-state index contributed by atoms with van der Waals surface area (Å²) < 4.78 is 11.0. The molecule has 0 spiro atoms. The Morgan fingerprint density at radius 2 is 1.77 bits per heavy atom. The SMILES string of the molecule is COC1=C2[C@@H]3[C@H](O)c4ccc(OC)c(O)c4[C@]2(CCN3C2CCCC2)C[C@H](O)[C@@H]1O. The average Bonchev–Trinajstić information content (AvgIpc) is 3.27. The third kappa shape index (κ3) is 2.52. The van der Waals surface area contributed by atoms with Crippen molar-refractivity contribution in [3.63, 3.8) is 0 Å². The molecule has 5 atom stereocenters. The van der Waals surface area contributed by atoms with Crippen molar-refractivity contribution in [3.8, 4) is 11.5 Å². The van der Waals surface area contributed by atoms with Gasteiger partial charge in [-0.25, -0.2) is 0 Å². The van der Waals surface area contributed by atoms with Gasteiger partial charge in [-0.15, -0.1) is 0 Å². The predicted molar refractivity (Wildman–Crippen MR) is 109 cm³/mol. The van der Waals surface area contributed by atoms with Crippen molar-refractivity contribution in [2.75, 3.05) is 20.8 Å². The molecule has 30 heavy (non-hydrogen) atoms. The van der Waals surface area contributed by atoms with Crippen molar-refractivity contribution in [2.24, 2.45) is 0 Å². The van der Waals surface area contributed by atoms with Crippen molar-refractivity contribution < 1.29 is 29.9 Å². The first-order chi connectivity index (χ1) is 14.4. The minimum atomic E-state index is -1.15. The van der Waals surface area contributed by atoms with Crippen LogP contribution in [0.15, 0.2) is 23.5 Å². The van der Waals surface area contributed by atoms with E-state index in [-0.39, 0.29) is 18.2 Å². The van der Waals surface area contributed by atoms with Crippen molar-refractivity contribution >= 4 is 0 Å². The first-order valence-electron chi connectivity index (χ1n) is 10.9. The molecule has 164 valence electrons. The van der Waals surface area contributed by atoms with Crippen LogP contribution in [0.3, 0.4) is 0 Å². The summed E-state index contributed by atoms with van der Waals surface area (Å²) in [5.41, 5.74) is 1.37. The second kappa shape index (κ2) is 7.12. The molecule has 1 heterocycles. The number of aliphatic hydroxyl groups excluding tert-OH is 3. The van der Waals surface area contributed by atoms with Gasteiger partial charge < -0.3 is 29.9 Å². The zero-order valence-corrected chi connectivity index (χ0v) is 17.5. The summed E-state index contributed by atoms with van der Waals surface area (Å²) in [5, 5.41) is 44.2. The number of benzene rings is 1. The van der Waals surface area contributed by atoms with E-state index >= 15 is 0 Å². The standard InChI is InChI=1S/C23H31NO6/c1-29-15-8-7-13-16(21(15)28)23-9-10-24(12-5-3-4-6-12)18(19(13)26)17(23)22(30-2)20(27)14(25)11-23/h7-8,12,14,18-20,25-28H,3-6,9-11H2,1-2H3/t14-,18+,19+,20-,23-/m0/s1. The normalized spacial score (nSPS) is 36.4. The van der Waals surface area contributed by atoms with E-state index in [4.69, 9.17) is 9.47 Å². The molecule has 1 saturated heterocycles. The van der Waals surface area contributed by atoms with Crippen molar-refractivity contribution in [2.45, 2.75) is 74.3 Å². The Labute approximate surface area is 176 Å². The second-order valence-electron chi connectivity index (χ2n) is 9.18. The van der Waals surface area contributed by atoms with Gasteiger partial charge in [-0.2, -0.15) is 0 Å². The van der Waals surface area contributed by atoms with Gasteiger partial charge in [0.05, 0.1) is 32.5 Å². The minimum Gasteiger partial charge on any atom is -0.504 e. The molecule has 0 unspecified atom stereocenters. The number of fused-ring (bicyclic) bond motifs is 1. The first kappa shape index (κ1) is 20.1. The molecule has 1 aromatic rings. The smallest absolute Gasteiger partial charge is 0.162 e. The number of phenolic OH excluding ortho intramolecular Hbond substituents is 1. The van der Waals surface area contributed by atoms with Gasteiger partial charge in [0.1, 0.15) is 11.9 Å². The zero-order chi connectivity index (χ0) is 21.2. The third-order valence-corrected chi connectivity index (χ3v) is 7.92. The Kier molecular flexibility index (Phi) is 4.78. The number of methoxy groups -OCH3 is 2. The number of hydrogen-bond acceptors (Lipinski definition) is 7. The number of phenols is 1. The monoisotopic (exact) mass is 417 g/mol. The lowest BCUT2D eigenvalue weighted by Crippen LogP contribution is -2.63. The minimum absolute atomic E-state index is 0.00152. The fourth-order valence-corrected chi connectivity index (χ4v) is 6.69. The molecule has 7 nitrogen and oxygen atoms in total. The number of piperidine rings is 1. The van der Waals surface area contributed by atoms with Gasteiger partial charge in [-0.05, 0) is 37.3 Å². The van der Waals surface area contributed by atoms with Gasteiger partial charge in [-0.3, -0.25) is 4.90 Å². The van der Waals surface area contributed by atoms with Crippen LogP contribution in [0.5, 0.6) is 11.5 Å². The van der Waals surface area contributed by atoms with E-state index in [0.29, 0.717) is 35.1 Å². The van der Waals surface area contributed by atoms with Gasteiger partial charge in [-0.1, -0.05) is 18.9 Å². The Balaban J connectivity index is 1.79. The van der Waals surface area contributed by atoms with E-state index in [1.165, 1.54) is 27.1 Å². The lowest BCUT2D eigenvalue weighted by molar-refractivity contribution is -0.0594. The third-order valence-electron chi connectivity index (χ3n) is 7.92. The molecule has 2 fully saturated rings. The molecule has 0 aromatic heterocycles. The Hall–Kier alpha value is -1.80. The highest BCUT2D eigenvalue weighted by atomic mass is 16.5. The van der Waals surface area contributed by atoms with E-state index in [1.54, 1.807) is 6.07 Å². The van der Waals surface area contributed by atoms with E-state index in [1.807, 2.05) is 6.07 Å². The molecule has 5 rings (SSSR count). The summed E-state index contributed by atoms with van der Waals surface area (Å²) >= 11 is 0. The fourth-order valence-electron chi connectivity index (χ4n) is 6.69. The maximum Gasteiger partial charge on any atom is 0.162 e. The highest BCUT2D eigenvalue weighted by molar-refractivity contribution is 5.63. The lowest BCUT2D eigenvalue weighted by Gasteiger charge is -2.59. The Morgan fingerprint density at radius 1 is 1.03 bits per heavy atom. The van der Waals surface area contributed by atoms with Crippen molar-refractivity contribution in [1.29, 1.82) is 0 Å². The second-order valence-corrected chi connectivity index (χ2v) is 9.18. The van der Waals surface area contributed by atoms with Gasteiger partial charge >= 0.3 is 0 Å². The molecule has 2 bridgehead atoms. The molecule has 1 saturated carbocycles. The topological polar surface area (TPSA) is 103 Å². The maximum atomic E-state index is 11.6. The summed E-state index contributed by atoms with van der Waals surface area (Å²) in [6.45, 7) is 0.756. The predicted octanol–water partition coefficient (Wildman–Crippen LogP) is 1.73. The number of hydrogen-bond donors (Lipinski definition) is 4. The largest absolute Gasteiger partial charge is 0.504 e. The van der Waals surface area contributed by atoms with Crippen LogP contribution >= 0.6 is 0 Å². The van der Waals surface area contributed by atoms with Crippen LogP contribution in [-0.4, -0.2) is 70.4 Å². The molecule has 0 amide bonds. The fraction of sp³-hybridized carbons (Fsp3) is 0.652. The van der Waals surface area contributed by atoms with Crippen molar-refractivity contribution in [1.82, 2.24) is 4.90 Å². The number of rotatable bonds is 3. The Bertz CT molecular complexity index is 879. The highest BCUT2D eigenvalue weighted by Gasteiger charge is 2.60. The molecule has 3 aliphatic carbocycles. The summed E-state index contributed by atoms with van der Waals surface area (Å²) in [4.78, 5) is 2.37. The van der Waals surface area contributed by atoms with Crippen LogP contribution in [-0.2, 0) is 10.2 Å². The number of ether oxygens (including phenoxy) is 2. The van der Waals surface area contributed by atoms with Gasteiger partial charge in [0.25, 0.3) is 0 Å². The Morgan fingerprint density at radius 3 is 2.43 bits per heavy atom. The quantitative estimate of drug-likeness (QED) is 0.594. The first-order valence-corrected chi connectivity index (χ1v) is 10.9. The van der Waals surface area contributed by atoms with Gasteiger partial charge in [0, 0.05) is 29.1 Å².